The van der Waals surface area contributed by atoms with Gasteiger partial charge in [-0.1, -0.05) is 23.8 Å². The molecule has 0 radical (unpaired) electrons. The molecule has 3 rings (SSSR count). The van der Waals surface area contributed by atoms with Gasteiger partial charge in [0.25, 0.3) is 0 Å². The monoisotopic (exact) mass is 366 g/mol. The first-order valence-corrected chi connectivity index (χ1v) is 7.43. The lowest BCUT2D eigenvalue weighted by atomic mass is 10.1. The largest absolute Gasteiger partial charge is 0.490 e. The molecule has 0 bridgehead atoms. The van der Waals surface area contributed by atoms with Gasteiger partial charge in [0.1, 0.15) is 24.2 Å². The van der Waals surface area contributed by atoms with Crippen LogP contribution in [-0.4, -0.2) is 12.7 Å². The highest BCUT2D eigenvalue weighted by molar-refractivity contribution is 14.1. The van der Waals surface area contributed by atoms with E-state index in [9.17, 15) is 0 Å². The number of rotatable bonds is 3. The van der Waals surface area contributed by atoms with Gasteiger partial charge in [0, 0.05) is 9.99 Å². The van der Waals surface area contributed by atoms with Crippen LogP contribution in [0.5, 0.6) is 11.5 Å². The summed E-state index contributed by atoms with van der Waals surface area (Å²) >= 11 is 2.29. The SMILES string of the molecule is Cc1ccc2c(c1)CC(COc1cccc(I)c1)O2. The van der Waals surface area contributed by atoms with Crippen molar-refractivity contribution in [2.75, 3.05) is 6.61 Å². The fourth-order valence-corrected chi connectivity index (χ4v) is 2.80. The van der Waals surface area contributed by atoms with Gasteiger partial charge in [0.2, 0.25) is 0 Å². The quantitative estimate of drug-likeness (QED) is 0.765. The van der Waals surface area contributed by atoms with Crippen molar-refractivity contribution in [1.82, 2.24) is 0 Å². The molecule has 0 N–H and O–H groups in total. The molecule has 0 spiro atoms. The van der Waals surface area contributed by atoms with Gasteiger partial charge in [-0.3, -0.25) is 0 Å². The van der Waals surface area contributed by atoms with Crippen molar-refractivity contribution in [2.24, 2.45) is 0 Å². The van der Waals surface area contributed by atoms with Gasteiger partial charge in [0.05, 0.1) is 0 Å². The number of ether oxygens (including phenoxy) is 2. The predicted molar refractivity (Wildman–Crippen MR) is 84.0 cm³/mol. The maximum absolute atomic E-state index is 5.89. The first-order chi connectivity index (χ1) is 9.20. The van der Waals surface area contributed by atoms with Gasteiger partial charge in [0.15, 0.2) is 0 Å². The fraction of sp³-hybridized carbons (Fsp3) is 0.250. The van der Waals surface area contributed by atoms with E-state index < -0.39 is 0 Å². The molecular weight excluding hydrogens is 351 g/mol. The average Bonchev–Trinajstić information content (AvgIpc) is 2.78. The fourth-order valence-electron chi connectivity index (χ4n) is 2.29. The second-order valence-corrected chi connectivity index (χ2v) is 6.07. The van der Waals surface area contributed by atoms with Gasteiger partial charge in [-0.25, -0.2) is 0 Å². The van der Waals surface area contributed by atoms with Crippen LogP contribution in [0.25, 0.3) is 0 Å². The van der Waals surface area contributed by atoms with E-state index in [4.69, 9.17) is 9.47 Å². The molecule has 2 nitrogen and oxygen atoms in total. The van der Waals surface area contributed by atoms with E-state index in [1.807, 2.05) is 18.2 Å². The summed E-state index contributed by atoms with van der Waals surface area (Å²) < 4.78 is 12.9. The van der Waals surface area contributed by atoms with Gasteiger partial charge in [-0.2, -0.15) is 0 Å². The van der Waals surface area contributed by atoms with Crippen LogP contribution < -0.4 is 9.47 Å². The second-order valence-electron chi connectivity index (χ2n) is 4.82. The van der Waals surface area contributed by atoms with E-state index >= 15 is 0 Å². The molecule has 0 saturated heterocycles. The smallest absolute Gasteiger partial charge is 0.137 e. The highest BCUT2D eigenvalue weighted by atomic mass is 127. The van der Waals surface area contributed by atoms with E-state index in [-0.39, 0.29) is 6.10 Å². The van der Waals surface area contributed by atoms with Crippen LogP contribution in [0.15, 0.2) is 42.5 Å². The summed E-state index contributed by atoms with van der Waals surface area (Å²) in [5.74, 6) is 1.91. The lowest BCUT2D eigenvalue weighted by Gasteiger charge is -2.12. The van der Waals surface area contributed by atoms with Crippen molar-refractivity contribution < 1.29 is 9.47 Å². The molecule has 0 amide bonds. The molecule has 2 aromatic carbocycles. The molecule has 1 atom stereocenters. The summed E-state index contributed by atoms with van der Waals surface area (Å²) in [6, 6.07) is 14.4. The van der Waals surface area contributed by atoms with E-state index in [0.717, 1.165) is 17.9 Å². The van der Waals surface area contributed by atoms with Crippen molar-refractivity contribution >= 4 is 22.6 Å². The summed E-state index contributed by atoms with van der Waals surface area (Å²) in [4.78, 5) is 0. The van der Waals surface area contributed by atoms with Crippen LogP contribution in [0.3, 0.4) is 0 Å². The zero-order valence-electron chi connectivity index (χ0n) is 10.7. The average molecular weight is 366 g/mol. The van der Waals surface area contributed by atoms with Crippen LogP contribution in [-0.2, 0) is 6.42 Å². The summed E-state index contributed by atoms with van der Waals surface area (Å²) in [6.07, 6.45) is 1.05. The first kappa shape index (κ1) is 12.8. The van der Waals surface area contributed by atoms with Gasteiger partial charge < -0.3 is 9.47 Å². The van der Waals surface area contributed by atoms with E-state index in [1.165, 1.54) is 14.7 Å². The minimum atomic E-state index is 0.120. The van der Waals surface area contributed by atoms with Gasteiger partial charge in [-0.05, 0) is 59.3 Å². The summed E-state index contributed by atoms with van der Waals surface area (Å²) in [6.45, 7) is 2.70. The molecule has 1 aliphatic rings. The van der Waals surface area contributed by atoms with Crippen LogP contribution in [0.1, 0.15) is 11.1 Å². The Labute approximate surface area is 126 Å². The molecule has 0 fully saturated rings. The Bertz CT molecular complexity index is 595. The number of benzene rings is 2. The molecule has 1 unspecified atom stereocenters. The Balaban J connectivity index is 1.62. The van der Waals surface area contributed by atoms with Crippen molar-refractivity contribution in [2.45, 2.75) is 19.4 Å². The Morgan fingerprint density at radius 1 is 1.26 bits per heavy atom. The first-order valence-electron chi connectivity index (χ1n) is 6.35. The van der Waals surface area contributed by atoms with Crippen molar-refractivity contribution in [3.05, 3.63) is 57.2 Å². The molecular formula is C16H15IO2. The maximum atomic E-state index is 5.89. The predicted octanol–water partition coefficient (Wildman–Crippen LogP) is 3.98. The topological polar surface area (TPSA) is 18.5 Å². The lowest BCUT2D eigenvalue weighted by molar-refractivity contribution is 0.148. The Morgan fingerprint density at radius 2 is 2.16 bits per heavy atom. The second kappa shape index (κ2) is 5.41. The highest BCUT2D eigenvalue weighted by Gasteiger charge is 2.23. The molecule has 1 aliphatic heterocycles. The van der Waals surface area contributed by atoms with E-state index in [0.29, 0.717) is 6.61 Å². The molecule has 3 heteroatoms. The van der Waals surface area contributed by atoms with Crippen LogP contribution in [0.2, 0.25) is 0 Å². The Kier molecular flexibility index (Phi) is 3.64. The van der Waals surface area contributed by atoms with Gasteiger partial charge in [-0.15, -0.1) is 0 Å². The third kappa shape index (κ3) is 3.03. The standard InChI is InChI=1S/C16H15IO2/c1-11-5-6-16-12(7-11)8-15(19-16)10-18-14-4-2-3-13(17)9-14/h2-7,9,15H,8,10H2,1H3. The number of aryl methyl sites for hydroxylation is 1. The third-order valence-electron chi connectivity index (χ3n) is 3.19. The minimum absolute atomic E-state index is 0.120. The van der Waals surface area contributed by atoms with E-state index in [2.05, 4.69) is 53.8 Å². The van der Waals surface area contributed by atoms with Gasteiger partial charge >= 0.3 is 0 Å². The molecule has 98 valence electrons. The van der Waals surface area contributed by atoms with Crippen molar-refractivity contribution in [3.8, 4) is 11.5 Å². The van der Waals surface area contributed by atoms with E-state index in [1.54, 1.807) is 0 Å². The summed E-state index contributed by atoms with van der Waals surface area (Å²) in [5.41, 5.74) is 2.57. The number of hydrogen-bond donors (Lipinski definition) is 0. The Hall–Kier alpha value is -1.23. The molecule has 0 aromatic heterocycles. The third-order valence-corrected chi connectivity index (χ3v) is 3.86. The van der Waals surface area contributed by atoms with Crippen molar-refractivity contribution in [1.29, 1.82) is 0 Å². The molecule has 19 heavy (non-hydrogen) atoms. The maximum Gasteiger partial charge on any atom is 0.137 e. The lowest BCUT2D eigenvalue weighted by Crippen LogP contribution is -2.22. The molecule has 2 aromatic rings. The Morgan fingerprint density at radius 3 is 3.00 bits per heavy atom. The summed E-state index contributed by atoms with van der Waals surface area (Å²) in [7, 11) is 0. The number of hydrogen-bond acceptors (Lipinski definition) is 2. The molecule has 0 saturated carbocycles. The van der Waals surface area contributed by atoms with Crippen molar-refractivity contribution in [3.63, 3.8) is 0 Å². The highest BCUT2D eigenvalue weighted by Crippen LogP contribution is 2.29. The molecule has 1 heterocycles. The van der Waals surface area contributed by atoms with Crippen LogP contribution >= 0.6 is 22.6 Å². The number of halogens is 1. The van der Waals surface area contributed by atoms with Crippen LogP contribution in [0.4, 0.5) is 0 Å². The molecule has 0 aliphatic carbocycles. The zero-order valence-corrected chi connectivity index (χ0v) is 12.9. The summed E-state index contributed by atoms with van der Waals surface area (Å²) in [5, 5.41) is 0. The zero-order chi connectivity index (χ0) is 13.2. The number of fused-ring (bicyclic) bond motifs is 1. The normalized spacial score (nSPS) is 16.8. The minimum Gasteiger partial charge on any atom is -0.490 e. The van der Waals surface area contributed by atoms with Crippen LogP contribution in [0, 0.1) is 10.5 Å².